The Morgan fingerprint density at radius 2 is 2.17 bits per heavy atom. The van der Waals surface area contributed by atoms with Gasteiger partial charge in [0, 0.05) is 6.54 Å². The minimum Gasteiger partial charge on any atom is -0.445 e. The summed E-state index contributed by atoms with van der Waals surface area (Å²) >= 11 is 0. The maximum absolute atomic E-state index is 11.9. The van der Waals surface area contributed by atoms with E-state index in [0.29, 0.717) is 13.0 Å². The summed E-state index contributed by atoms with van der Waals surface area (Å²) in [5, 5.41) is 9.74. The highest BCUT2D eigenvalue weighted by Gasteiger charge is 2.35. The number of rotatable bonds is 3. The van der Waals surface area contributed by atoms with Crippen molar-refractivity contribution in [1.82, 2.24) is 4.90 Å². The van der Waals surface area contributed by atoms with Crippen molar-refractivity contribution in [1.29, 1.82) is 0 Å². The fourth-order valence-corrected chi connectivity index (χ4v) is 2.36. The van der Waals surface area contributed by atoms with Gasteiger partial charge in [0.1, 0.15) is 6.61 Å². The number of hydrogen-bond acceptors (Lipinski definition) is 3. The highest BCUT2D eigenvalue weighted by molar-refractivity contribution is 5.68. The predicted octanol–water partition coefficient (Wildman–Crippen LogP) is 2.17. The fraction of sp³-hybridized carbons (Fsp3) is 0.500. The SMILES string of the molecule is CC[C@H]1C(O)CCN1C(=O)OCc1ccccc1. The summed E-state index contributed by atoms with van der Waals surface area (Å²) < 4.78 is 5.27. The van der Waals surface area contributed by atoms with Gasteiger partial charge in [-0.15, -0.1) is 0 Å². The summed E-state index contributed by atoms with van der Waals surface area (Å²) in [6.07, 6.45) is 0.641. The molecule has 1 aromatic carbocycles. The van der Waals surface area contributed by atoms with Crippen LogP contribution in [-0.2, 0) is 11.3 Å². The van der Waals surface area contributed by atoms with Crippen molar-refractivity contribution in [2.24, 2.45) is 0 Å². The van der Waals surface area contributed by atoms with Crippen LogP contribution in [0.25, 0.3) is 0 Å². The van der Waals surface area contributed by atoms with Crippen molar-refractivity contribution in [3.05, 3.63) is 35.9 Å². The zero-order valence-corrected chi connectivity index (χ0v) is 10.6. The monoisotopic (exact) mass is 249 g/mol. The Balaban J connectivity index is 1.88. The van der Waals surface area contributed by atoms with Gasteiger partial charge in [0.2, 0.25) is 0 Å². The third-order valence-electron chi connectivity index (χ3n) is 3.37. The van der Waals surface area contributed by atoms with Crippen LogP contribution in [0.2, 0.25) is 0 Å². The number of ether oxygens (including phenoxy) is 1. The lowest BCUT2D eigenvalue weighted by Crippen LogP contribution is -2.39. The van der Waals surface area contributed by atoms with E-state index in [4.69, 9.17) is 4.74 Å². The van der Waals surface area contributed by atoms with Gasteiger partial charge in [-0.3, -0.25) is 0 Å². The van der Waals surface area contributed by atoms with Gasteiger partial charge in [-0.25, -0.2) is 4.79 Å². The third kappa shape index (κ3) is 2.82. The maximum atomic E-state index is 11.9. The highest BCUT2D eigenvalue weighted by atomic mass is 16.6. The second kappa shape index (κ2) is 5.87. The van der Waals surface area contributed by atoms with Crippen LogP contribution in [0, 0.1) is 0 Å². The van der Waals surface area contributed by atoms with Crippen LogP contribution >= 0.6 is 0 Å². The molecule has 1 aliphatic heterocycles. The smallest absolute Gasteiger partial charge is 0.410 e. The normalized spacial score (nSPS) is 23.1. The van der Waals surface area contributed by atoms with Crippen LogP contribution in [0.3, 0.4) is 0 Å². The van der Waals surface area contributed by atoms with E-state index >= 15 is 0 Å². The first-order valence-electron chi connectivity index (χ1n) is 6.37. The molecule has 0 saturated carbocycles. The second-order valence-electron chi connectivity index (χ2n) is 4.57. The molecule has 2 rings (SSSR count). The third-order valence-corrected chi connectivity index (χ3v) is 3.37. The zero-order chi connectivity index (χ0) is 13.0. The molecule has 2 atom stereocenters. The molecule has 18 heavy (non-hydrogen) atoms. The first-order chi connectivity index (χ1) is 8.72. The van der Waals surface area contributed by atoms with Gasteiger partial charge in [0.05, 0.1) is 12.1 Å². The van der Waals surface area contributed by atoms with E-state index in [1.54, 1.807) is 4.90 Å². The van der Waals surface area contributed by atoms with Crippen LogP contribution in [0.15, 0.2) is 30.3 Å². The van der Waals surface area contributed by atoms with Crippen molar-refractivity contribution in [3.63, 3.8) is 0 Å². The number of aliphatic hydroxyl groups is 1. The zero-order valence-electron chi connectivity index (χ0n) is 10.6. The number of amides is 1. The van der Waals surface area contributed by atoms with E-state index in [2.05, 4.69) is 0 Å². The van der Waals surface area contributed by atoms with Gasteiger partial charge in [-0.2, -0.15) is 0 Å². The van der Waals surface area contributed by atoms with Crippen molar-refractivity contribution >= 4 is 6.09 Å². The summed E-state index contributed by atoms with van der Waals surface area (Å²) in [5.74, 6) is 0. The van der Waals surface area contributed by atoms with Gasteiger partial charge in [-0.05, 0) is 18.4 Å². The molecule has 1 amide bonds. The molecule has 4 heteroatoms. The topological polar surface area (TPSA) is 49.8 Å². The number of nitrogens with zero attached hydrogens (tertiary/aromatic N) is 1. The number of carbonyl (C=O) groups excluding carboxylic acids is 1. The summed E-state index contributed by atoms with van der Waals surface area (Å²) in [5.41, 5.74) is 0.971. The van der Waals surface area contributed by atoms with Crippen molar-refractivity contribution < 1.29 is 14.6 Å². The van der Waals surface area contributed by atoms with Crippen LogP contribution in [-0.4, -0.2) is 34.8 Å². The van der Waals surface area contributed by atoms with E-state index in [0.717, 1.165) is 12.0 Å². The minimum absolute atomic E-state index is 0.103. The van der Waals surface area contributed by atoms with E-state index in [1.807, 2.05) is 37.3 Å². The number of hydrogen-bond donors (Lipinski definition) is 1. The average molecular weight is 249 g/mol. The molecular formula is C14H19NO3. The van der Waals surface area contributed by atoms with E-state index in [9.17, 15) is 9.90 Å². The molecule has 1 unspecified atom stereocenters. The first-order valence-corrected chi connectivity index (χ1v) is 6.37. The molecule has 0 spiro atoms. The first kappa shape index (κ1) is 12.9. The predicted molar refractivity (Wildman–Crippen MR) is 68.0 cm³/mol. The van der Waals surface area contributed by atoms with Crippen molar-refractivity contribution in [2.75, 3.05) is 6.54 Å². The maximum Gasteiger partial charge on any atom is 0.410 e. The molecule has 4 nitrogen and oxygen atoms in total. The molecule has 1 aliphatic rings. The Labute approximate surface area is 107 Å². The van der Waals surface area contributed by atoms with Crippen LogP contribution < -0.4 is 0 Å². The quantitative estimate of drug-likeness (QED) is 0.893. The van der Waals surface area contributed by atoms with E-state index < -0.39 is 6.10 Å². The molecule has 1 N–H and O–H groups in total. The largest absolute Gasteiger partial charge is 0.445 e. The van der Waals surface area contributed by atoms with Crippen molar-refractivity contribution in [3.8, 4) is 0 Å². The summed E-state index contributed by atoms with van der Waals surface area (Å²) in [6, 6.07) is 9.49. The van der Waals surface area contributed by atoms with Gasteiger partial charge >= 0.3 is 6.09 Å². The molecule has 0 radical (unpaired) electrons. The van der Waals surface area contributed by atoms with Crippen LogP contribution in [0.1, 0.15) is 25.3 Å². The van der Waals surface area contributed by atoms with E-state index in [1.165, 1.54) is 0 Å². The molecule has 0 aliphatic carbocycles. The Morgan fingerprint density at radius 3 is 2.83 bits per heavy atom. The Morgan fingerprint density at radius 1 is 1.44 bits per heavy atom. The lowest BCUT2D eigenvalue weighted by molar-refractivity contribution is 0.0705. The average Bonchev–Trinajstić information content (AvgIpc) is 2.78. The van der Waals surface area contributed by atoms with Crippen molar-refractivity contribution in [2.45, 2.75) is 38.5 Å². The molecule has 1 heterocycles. The Bertz CT molecular complexity index is 393. The van der Waals surface area contributed by atoms with Crippen LogP contribution in [0.4, 0.5) is 4.79 Å². The van der Waals surface area contributed by atoms with Gasteiger partial charge in [0.15, 0.2) is 0 Å². The number of carbonyl (C=O) groups is 1. The van der Waals surface area contributed by atoms with Gasteiger partial charge in [0.25, 0.3) is 0 Å². The van der Waals surface area contributed by atoms with Crippen LogP contribution in [0.5, 0.6) is 0 Å². The lowest BCUT2D eigenvalue weighted by Gasteiger charge is -2.24. The molecule has 1 aromatic rings. The minimum atomic E-state index is -0.417. The van der Waals surface area contributed by atoms with E-state index in [-0.39, 0.29) is 18.7 Å². The number of benzene rings is 1. The number of aliphatic hydroxyl groups excluding tert-OH is 1. The lowest BCUT2D eigenvalue weighted by atomic mass is 10.1. The van der Waals surface area contributed by atoms with Gasteiger partial charge in [-0.1, -0.05) is 37.3 Å². The molecule has 1 fully saturated rings. The molecule has 1 saturated heterocycles. The molecular weight excluding hydrogens is 230 g/mol. The second-order valence-corrected chi connectivity index (χ2v) is 4.57. The number of likely N-dealkylation sites (tertiary alicyclic amines) is 1. The molecule has 0 bridgehead atoms. The Hall–Kier alpha value is -1.55. The fourth-order valence-electron chi connectivity index (χ4n) is 2.36. The molecule has 98 valence electrons. The standard InChI is InChI=1S/C14H19NO3/c1-2-12-13(16)8-9-15(12)14(17)18-10-11-6-4-3-5-7-11/h3-7,12-13,16H,2,8-10H2,1H3/t12-,13?/m0/s1. The summed E-state index contributed by atoms with van der Waals surface area (Å²) in [7, 11) is 0. The highest BCUT2D eigenvalue weighted by Crippen LogP contribution is 2.21. The van der Waals surface area contributed by atoms with Gasteiger partial charge < -0.3 is 14.7 Å². The summed E-state index contributed by atoms with van der Waals surface area (Å²) in [4.78, 5) is 13.6. The Kier molecular flexibility index (Phi) is 4.20. The summed E-state index contributed by atoms with van der Waals surface area (Å²) in [6.45, 7) is 2.83. The molecule has 0 aromatic heterocycles.